The molecule has 0 bridgehead atoms. The molecule has 1 saturated carbocycles. The number of aromatic nitrogens is 5. The maximum atomic E-state index is 13.6. The van der Waals surface area contributed by atoms with Crippen LogP contribution in [0.2, 0.25) is 0 Å². The number of benzene rings is 2. The quantitative estimate of drug-likeness (QED) is 0.202. The number of halogens is 6. The van der Waals surface area contributed by atoms with Gasteiger partial charge in [-0.15, -0.1) is 10.2 Å². The number of nitrogens with one attached hydrogen (secondary N) is 1. The monoisotopic (exact) mass is 591 g/mol. The Kier molecular flexibility index (Phi) is 8.78. The molecule has 5 rings (SSSR count). The number of H-pyrrole nitrogens is 1. The summed E-state index contributed by atoms with van der Waals surface area (Å²) in [6.07, 6.45) is -4.43. The predicted molar refractivity (Wildman–Crippen MR) is 144 cm³/mol. The fraction of sp³-hybridized carbons (Fsp3) is 0.448. The average molecular weight is 592 g/mol. The number of rotatable bonds is 10. The number of pyridine rings is 1. The van der Waals surface area contributed by atoms with E-state index in [1.807, 2.05) is 30.3 Å². The Morgan fingerprint density at radius 2 is 1.60 bits per heavy atom. The molecule has 1 atom stereocenters. The zero-order valence-corrected chi connectivity index (χ0v) is 22.7. The number of nitrogens with two attached hydrogens (primary N) is 1. The lowest BCUT2D eigenvalue weighted by atomic mass is 9.88. The van der Waals surface area contributed by atoms with E-state index in [-0.39, 0.29) is 43.0 Å². The first-order valence-corrected chi connectivity index (χ1v) is 13.8. The maximum absolute atomic E-state index is 13.6. The van der Waals surface area contributed by atoms with Crippen LogP contribution in [0.15, 0.2) is 48.5 Å². The van der Waals surface area contributed by atoms with Gasteiger partial charge >= 0.3 is 12.4 Å². The summed E-state index contributed by atoms with van der Waals surface area (Å²) in [5.74, 6) is 0.723. The summed E-state index contributed by atoms with van der Waals surface area (Å²) in [6.45, 7) is 0.322. The Hall–Kier alpha value is -3.58. The summed E-state index contributed by atoms with van der Waals surface area (Å²) >= 11 is 0. The minimum atomic E-state index is -4.95. The van der Waals surface area contributed by atoms with E-state index >= 15 is 0 Å². The molecule has 1 aliphatic rings. The van der Waals surface area contributed by atoms with Crippen molar-refractivity contribution in [2.24, 2.45) is 11.7 Å². The van der Waals surface area contributed by atoms with Crippen molar-refractivity contribution in [3.8, 4) is 0 Å². The van der Waals surface area contributed by atoms with E-state index in [9.17, 15) is 26.3 Å². The van der Waals surface area contributed by atoms with Gasteiger partial charge in [-0.1, -0.05) is 49.1 Å². The molecule has 1 unspecified atom stereocenters. The molecule has 224 valence electrons. The van der Waals surface area contributed by atoms with Crippen molar-refractivity contribution in [1.29, 1.82) is 0 Å². The van der Waals surface area contributed by atoms with Crippen LogP contribution in [0.5, 0.6) is 0 Å². The summed E-state index contributed by atoms with van der Waals surface area (Å²) in [7, 11) is 0. The summed E-state index contributed by atoms with van der Waals surface area (Å²) in [5, 5.41) is 14.7. The summed E-state index contributed by atoms with van der Waals surface area (Å²) in [6, 6.07) is 11.2. The molecule has 7 nitrogen and oxygen atoms in total. The molecule has 42 heavy (non-hydrogen) atoms. The van der Waals surface area contributed by atoms with Crippen LogP contribution in [0, 0.1) is 5.92 Å². The molecule has 4 aromatic rings. The van der Waals surface area contributed by atoms with E-state index < -0.39 is 23.5 Å². The highest BCUT2D eigenvalue weighted by Crippen LogP contribution is 2.38. The first-order valence-electron chi connectivity index (χ1n) is 13.8. The number of aromatic amines is 1. The van der Waals surface area contributed by atoms with Crippen molar-refractivity contribution in [2.45, 2.75) is 70.0 Å². The zero-order chi connectivity index (χ0) is 29.9. The van der Waals surface area contributed by atoms with Gasteiger partial charge in [-0.25, -0.2) is 0 Å². The topological polar surface area (TPSA) is 96.6 Å². The Labute approximate surface area is 238 Å². The van der Waals surface area contributed by atoms with Crippen LogP contribution in [0.4, 0.5) is 26.3 Å². The molecule has 1 fully saturated rings. The van der Waals surface area contributed by atoms with Crippen LogP contribution in [0.1, 0.15) is 71.8 Å². The predicted octanol–water partition coefficient (Wildman–Crippen LogP) is 6.61. The van der Waals surface area contributed by atoms with E-state index in [1.165, 1.54) is 12.8 Å². The molecule has 2 aromatic carbocycles. The second kappa shape index (κ2) is 12.3. The Bertz CT molecular complexity index is 1450. The molecule has 0 radical (unpaired) electrons. The van der Waals surface area contributed by atoms with Gasteiger partial charge in [0.25, 0.3) is 0 Å². The molecule has 1 aliphatic carbocycles. The molecule has 13 heteroatoms. The van der Waals surface area contributed by atoms with Crippen molar-refractivity contribution in [2.75, 3.05) is 6.54 Å². The van der Waals surface area contributed by atoms with Crippen LogP contribution in [-0.4, -0.2) is 37.1 Å². The van der Waals surface area contributed by atoms with E-state index in [4.69, 9.17) is 10.7 Å². The summed E-state index contributed by atoms with van der Waals surface area (Å²) in [4.78, 5) is 6.68. The minimum absolute atomic E-state index is 0.0241. The fourth-order valence-corrected chi connectivity index (χ4v) is 5.85. The van der Waals surface area contributed by atoms with Gasteiger partial charge in [-0.2, -0.15) is 31.6 Å². The number of hydrogen-bond donors (Lipinski definition) is 2. The number of nitrogens with zero attached hydrogens (tertiary/aromatic N) is 5. The normalized spacial score (nSPS) is 15.6. The lowest BCUT2D eigenvalue weighted by Gasteiger charge is -2.26. The Balaban J connectivity index is 1.54. The Morgan fingerprint density at radius 1 is 0.905 bits per heavy atom. The van der Waals surface area contributed by atoms with Gasteiger partial charge in [0.05, 0.1) is 23.2 Å². The minimum Gasteiger partial charge on any atom is -0.330 e. The molecule has 0 spiro atoms. The van der Waals surface area contributed by atoms with Gasteiger partial charge in [0.1, 0.15) is 0 Å². The fourth-order valence-electron chi connectivity index (χ4n) is 5.85. The van der Waals surface area contributed by atoms with Crippen LogP contribution in [-0.2, 0) is 32.0 Å². The molecule has 2 aromatic heterocycles. The van der Waals surface area contributed by atoms with E-state index in [0.717, 1.165) is 53.6 Å². The number of para-hydroxylation sites is 1. The maximum Gasteiger partial charge on any atom is 0.416 e. The van der Waals surface area contributed by atoms with Gasteiger partial charge in [-0.3, -0.25) is 9.88 Å². The highest BCUT2D eigenvalue weighted by Gasteiger charge is 2.37. The number of tetrazole rings is 1. The van der Waals surface area contributed by atoms with Crippen LogP contribution in [0.25, 0.3) is 10.9 Å². The highest BCUT2D eigenvalue weighted by molar-refractivity contribution is 5.79. The van der Waals surface area contributed by atoms with E-state index in [2.05, 4.69) is 20.6 Å². The lowest BCUT2D eigenvalue weighted by molar-refractivity contribution is -0.143. The zero-order valence-electron chi connectivity index (χ0n) is 22.7. The van der Waals surface area contributed by atoms with Crippen molar-refractivity contribution in [1.82, 2.24) is 30.5 Å². The average Bonchev–Trinajstić information content (AvgIpc) is 3.65. The third kappa shape index (κ3) is 7.24. The van der Waals surface area contributed by atoms with Crippen molar-refractivity contribution in [3.05, 3.63) is 82.3 Å². The Morgan fingerprint density at radius 3 is 2.21 bits per heavy atom. The molecule has 3 N–H and O–H groups in total. The third-order valence-electron chi connectivity index (χ3n) is 7.80. The standard InChI is InChI=1S/C29H31F6N7/c30-28(31,32)23-10-19(11-24(13-23)29(33,34)35)15-42(17-26-38-40-41-39-26)16-22-12-20-7-3-4-8-25(20)37-27(22)21(14-36)9-18-5-1-2-6-18/h3-4,7-8,10-13,18,21H,1-2,5-6,9,14-17,36H2,(H,38,39,40,41). The van der Waals surface area contributed by atoms with Gasteiger partial charge in [0, 0.05) is 36.6 Å². The molecular weight excluding hydrogens is 560 g/mol. The summed E-state index contributed by atoms with van der Waals surface area (Å²) < 4.78 is 81.5. The lowest BCUT2D eigenvalue weighted by Crippen LogP contribution is -2.26. The van der Waals surface area contributed by atoms with Gasteiger partial charge in [-0.05, 0) is 53.8 Å². The van der Waals surface area contributed by atoms with E-state index in [0.29, 0.717) is 12.5 Å². The summed E-state index contributed by atoms with van der Waals surface area (Å²) in [5.41, 5.74) is 5.79. The number of fused-ring (bicyclic) bond motifs is 1. The van der Waals surface area contributed by atoms with E-state index in [1.54, 1.807) is 4.90 Å². The highest BCUT2D eigenvalue weighted by atomic mass is 19.4. The molecule has 2 heterocycles. The van der Waals surface area contributed by atoms with Crippen molar-refractivity contribution in [3.63, 3.8) is 0 Å². The number of hydrogen-bond acceptors (Lipinski definition) is 6. The van der Waals surface area contributed by atoms with Gasteiger partial charge in [0.15, 0.2) is 5.82 Å². The SMILES string of the molecule is NCC(CC1CCCC1)c1nc2ccccc2cc1CN(Cc1cc(C(F)(F)F)cc(C(F)(F)F)c1)Cc1nn[nH]n1. The second-order valence-electron chi connectivity index (χ2n) is 10.9. The van der Waals surface area contributed by atoms with Crippen LogP contribution < -0.4 is 5.73 Å². The second-order valence-corrected chi connectivity index (χ2v) is 10.9. The molecule has 0 saturated heterocycles. The molecular formula is C29H31F6N7. The van der Waals surface area contributed by atoms with Gasteiger partial charge < -0.3 is 5.73 Å². The van der Waals surface area contributed by atoms with Crippen LogP contribution >= 0.6 is 0 Å². The third-order valence-corrected chi connectivity index (χ3v) is 7.80. The number of alkyl halides is 6. The first-order chi connectivity index (χ1) is 20.0. The molecule has 0 aliphatic heterocycles. The van der Waals surface area contributed by atoms with Gasteiger partial charge in [0.2, 0.25) is 0 Å². The smallest absolute Gasteiger partial charge is 0.330 e. The van der Waals surface area contributed by atoms with Crippen molar-refractivity contribution >= 4 is 10.9 Å². The largest absolute Gasteiger partial charge is 0.416 e. The van der Waals surface area contributed by atoms with Crippen LogP contribution in [0.3, 0.4) is 0 Å². The van der Waals surface area contributed by atoms with Crippen molar-refractivity contribution < 1.29 is 26.3 Å². The first kappa shape index (κ1) is 29.9. The molecule has 0 amide bonds.